The molecule has 0 aliphatic carbocycles. The molecule has 0 saturated heterocycles. The van der Waals surface area contributed by atoms with Crippen molar-refractivity contribution >= 4 is 18.0 Å². The highest BCUT2D eigenvalue weighted by atomic mass is 16.5. The van der Waals surface area contributed by atoms with Crippen molar-refractivity contribution in [1.29, 1.82) is 0 Å². The molecule has 0 amide bonds. The van der Waals surface area contributed by atoms with Gasteiger partial charge in [-0.15, -0.1) is 0 Å². The van der Waals surface area contributed by atoms with E-state index >= 15 is 0 Å². The molecule has 0 aliphatic rings. The highest BCUT2D eigenvalue weighted by Crippen LogP contribution is 2.25. The summed E-state index contributed by atoms with van der Waals surface area (Å²) in [7, 11) is 1.32. The fourth-order valence-electron chi connectivity index (χ4n) is 2.83. The van der Waals surface area contributed by atoms with Gasteiger partial charge in [0.05, 0.1) is 20.3 Å². The summed E-state index contributed by atoms with van der Waals surface area (Å²) >= 11 is 0. The van der Waals surface area contributed by atoms with Crippen LogP contribution in [-0.2, 0) is 32.3 Å². The van der Waals surface area contributed by atoms with Gasteiger partial charge in [-0.1, -0.05) is 30.3 Å². The third-order valence-corrected chi connectivity index (χ3v) is 4.21. The van der Waals surface area contributed by atoms with Crippen molar-refractivity contribution < 1.29 is 23.8 Å². The van der Waals surface area contributed by atoms with Gasteiger partial charge in [0.1, 0.15) is 12.4 Å². The zero-order valence-corrected chi connectivity index (χ0v) is 16.2. The Labute approximate surface area is 159 Å². The van der Waals surface area contributed by atoms with Gasteiger partial charge in [0.2, 0.25) is 0 Å². The highest BCUT2D eigenvalue weighted by Gasteiger charge is 2.22. The van der Waals surface area contributed by atoms with Crippen molar-refractivity contribution in [1.82, 2.24) is 4.57 Å². The number of rotatable bonds is 8. The van der Waals surface area contributed by atoms with E-state index in [1.807, 2.05) is 44.2 Å². The number of nitrogens with zero attached hydrogens (tertiary/aromatic N) is 1. The van der Waals surface area contributed by atoms with Crippen molar-refractivity contribution in [2.24, 2.45) is 0 Å². The fourth-order valence-corrected chi connectivity index (χ4v) is 2.83. The smallest absolute Gasteiger partial charge is 0.355 e. The first-order valence-corrected chi connectivity index (χ1v) is 8.74. The predicted molar refractivity (Wildman–Crippen MR) is 102 cm³/mol. The van der Waals surface area contributed by atoms with E-state index in [1.54, 1.807) is 17.6 Å². The standard InChI is InChI=1S/C21H25NO5/c1-5-27-21(24)20-15(2)18(11-12-19(23)25-4)16(3)22(20)14-26-13-17-9-7-6-8-10-17/h6-12H,5,13-14H2,1-4H3/b12-11+. The Bertz CT molecular complexity index is 821. The average molecular weight is 371 g/mol. The van der Waals surface area contributed by atoms with Crippen LogP contribution in [0.3, 0.4) is 0 Å². The van der Waals surface area contributed by atoms with E-state index in [-0.39, 0.29) is 13.3 Å². The monoisotopic (exact) mass is 371 g/mol. The summed E-state index contributed by atoms with van der Waals surface area (Å²) < 4.78 is 17.4. The summed E-state index contributed by atoms with van der Waals surface area (Å²) in [4.78, 5) is 23.9. The van der Waals surface area contributed by atoms with Crippen molar-refractivity contribution in [2.45, 2.75) is 34.1 Å². The Balaban J connectivity index is 2.30. The summed E-state index contributed by atoms with van der Waals surface area (Å²) in [6.07, 6.45) is 2.98. The van der Waals surface area contributed by atoms with Gasteiger partial charge in [-0.05, 0) is 43.5 Å². The SMILES string of the molecule is CCOC(=O)c1c(C)c(/C=C/C(=O)OC)c(C)n1COCc1ccccc1. The summed E-state index contributed by atoms with van der Waals surface area (Å²) in [6.45, 7) is 6.36. The van der Waals surface area contributed by atoms with E-state index in [4.69, 9.17) is 9.47 Å². The molecule has 0 fully saturated rings. The molecule has 1 aromatic heterocycles. The lowest BCUT2D eigenvalue weighted by atomic mass is 10.1. The number of ether oxygens (including phenoxy) is 3. The Morgan fingerprint density at radius 2 is 1.85 bits per heavy atom. The molecule has 144 valence electrons. The minimum atomic E-state index is -0.459. The first-order valence-electron chi connectivity index (χ1n) is 8.74. The quantitative estimate of drug-likeness (QED) is 0.523. The summed E-state index contributed by atoms with van der Waals surface area (Å²) in [5.74, 6) is -0.876. The average Bonchev–Trinajstić information content (AvgIpc) is 2.90. The third-order valence-electron chi connectivity index (χ3n) is 4.21. The zero-order chi connectivity index (χ0) is 19.8. The molecule has 1 heterocycles. The molecule has 0 bridgehead atoms. The van der Waals surface area contributed by atoms with Crippen LogP contribution in [0.15, 0.2) is 36.4 Å². The lowest BCUT2D eigenvalue weighted by molar-refractivity contribution is -0.134. The molecular weight excluding hydrogens is 346 g/mol. The van der Waals surface area contributed by atoms with Gasteiger partial charge in [-0.2, -0.15) is 0 Å². The van der Waals surface area contributed by atoms with Crippen LogP contribution in [0, 0.1) is 13.8 Å². The molecule has 0 radical (unpaired) electrons. The Morgan fingerprint density at radius 3 is 2.48 bits per heavy atom. The third kappa shape index (κ3) is 5.08. The van der Waals surface area contributed by atoms with Crippen LogP contribution in [0.4, 0.5) is 0 Å². The minimum Gasteiger partial charge on any atom is -0.466 e. The van der Waals surface area contributed by atoms with Crippen molar-refractivity contribution in [3.05, 3.63) is 64.5 Å². The van der Waals surface area contributed by atoms with Crippen LogP contribution in [0.1, 0.15) is 39.8 Å². The van der Waals surface area contributed by atoms with E-state index < -0.39 is 11.9 Å². The first kappa shape index (κ1) is 20.5. The molecule has 27 heavy (non-hydrogen) atoms. The molecular formula is C21H25NO5. The maximum absolute atomic E-state index is 12.5. The highest BCUT2D eigenvalue weighted by molar-refractivity contribution is 5.93. The Kier molecular flexibility index (Phi) is 7.37. The van der Waals surface area contributed by atoms with Gasteiger partial charge >= 0.3 is 11.9 Å². The molecule has 2 aromatic rings. The number of carbonyl (C=O) groups is 2. The van der Waals surface area contributed by atoms with Gasteiger partial charge in [-0.25, -0.2) is 9.59 Å². The lowest BCUT2D eigenvalue weighted by Crippen LogP contribution is -2.15. The molecule has 6 nitrogen and oxygen atoms in total. The Hall–Kier alpha value is -2.86. The summed E-state index contributed by atoms with van der Waals surface area (Å²) in [5, 5.41) is 0. The second-order valence-electron chi connectivity index (χ2n) is 5.94. The normalized spacial score (nSPS) is 11.0. The summed E-state index contributed by atoms with van der Waals surface area (Å²) in [6, 6.07) is 9.80. The number of methoxy groups -OCH3 is 1. The number of hydrogen-bond acceptors (Lipinski definition) is 5. The van der Waals surface area contributed by atoms with Crippen molar-refractivity contribution in [3.63, 3.8) is 0 Å². The molecule has 0 atom stereocenters. The molecule has 0 N–H and O–H groups in total. The van der Waals surface area contributed by atoms with Gasteiger partial charge < -0.3 is 18.8 Å². The van der Waals surface area contributed by atoms with E-state index in [1.165, 1.54) is 13.2 Å². The molecule has 2 rings (SSSR count). The first-order chi connectivity index (χ1) is 13.0. The summed E-state index contributed by atoms with van der Waals surface area (Å²) in [5.41, 5.74) is 3.78. The number of esters is 2. The van der Waals surface area contributed by atoms with Gasteiger partial charge in [0.25, 0.3) is 0 Å². The topological polar surface area (TPSA) is 66.8 Å². The van der Waals surface area contributed by atoms with Gasteiger partial charge in [0.15, 0.2) is 0 Å². The van der Waals surface area contributed by atoms with Crippen molar-refractivity contribution in [2.75, 3.05) is 13.7 Å². The number of carbonyl (C=O) groups excluding carboxylic acids is 2. The largest absolute Gasteiger partial charge is 0.466 e. The molecule has 0 spiro atoms. The molecule has 6 heteroatoms. The van der Waals surface area contributed by atoms with E-state index in [0.717, 1.165) is 22.4 Å². The van der Waals surface area contributed by atoms with Crippen LogP contribution in [-0.4, -0.2) is 30.2 Å². The van der Waals surface area contributed by atoms with Crippen molar-refractivity contribution in [3.8, 4) is 0 Å². The van der Waals surface area contributed by atoms with Crippen LogP contribution >= 0.6 is 0 Å². The molecule has 0 saturated carbocycles. The number of aromatic nitrogens is 1. The van der Waals surface area contributed by atoms with Crippen LogP contribution in [0.5, 0.6) is 0 Å². The number of hydrogen-bond donors (Lipinski definition) is 0. The molecule has 0 unspecified atom stereocenters. The van der Waals surface area contributed by atoms with Crippen LogP contribution in [0.2, 0.25) is 0 Å². The maximum Gasteiger partial charge on any atom is 0.355 e. The van der Waals surface area contributed by atoms with Crippen LogP contribution < -0.4 is 0 Å². The van der Waals surface area contributed by atoms with E-state index in [0.29, 0.717) is 12.3 Å². The molecule has 0 aliphatic heterocycles. The van der Waals surface area contributed by atoms with Gasteiger partial charge in [0, 0.05) is 11.8 Å². The van der Waals surface area contributed by atoms with E-state index in [9.17, 15) is 9.59 Å². The second-order valence-corrected chi connectivity index (χ2v) is 5.94. The van der Waals surface area contributed by atoms with Crippen LogP contribution in [0.25, 0.3) is 6.08 Å². The second kappa shape index (κ2) is 9.73. The van der Waals surface area contributed by atoms with Gasteiger partial charge in [-0.3, -0.25) is 0 Å². The van der Waals surface area contributed by atoms with E-state index in [2.05, 4.69) is 4.74 Å². The Morgan fingerprint density at radius 1 is 1.15 bits per heavy atom. The lowest BCUT2D eigenvalue weighted by Gasteiger charge is -2.12. The minimum absolute atomic E-state index is 0.196. The predicted octanol–water partition coefficient (Wildman–Crippen LogP) is 3.64. The number of benzene rings is 1. The fraction of sp³-hybridized carbons (Fsp3) is 0.333. The molecule has 1 aromatic carbocycles. The maximum atomic E-state index is 12.5. The zero-order valence-electron chi connectivity index (χ0n) is 16.2.